The van der Waals surface area contributed by atoms with Gasteiger partial charge in [-0.2, -0.15) is 0 Å². The lowest BCUT2D eigenvalue weighted by Crippen LogP contribution is -2.33. The molecule has 1 fully saturated rings. The van der Waals surface area contributed by atoms with Crippen LogP contribution >= 0.6 is 23.2 Å². The SMILES string of the molecule is Clc1ccc(CNCC2CCCN2)c(Cl)c1. The number of nitrogens with one attached hydrogen (secondary N) is 2. The minimum Gasteiger partial charge on any atom is -0.313 e. The van der Waals surface area contributed by atoms with Crippen molar-refractivity contribution in [1.29, 1.82) is 0 Å². The van der Waals surface area contributed by atoms with E-state index in [0.717, 1.165) is 30.2 Å². The summed E-state index contributed by atoms with van der Waals surface area (Å²) in [5.41, 5.74) is 1.10. The van der Waals surface area contributed by atoms with Crippen molar-refractivity contribution in [3.8, 4) is 0 Å². The third-order valence-corrected chi connectivity index (χ3v) is 3.47. The molecule has 0 spiro atoms. The van der Waals surface area contributed by atoms with Crippen LogP contribution in [0, 0.1) is 0 Å². The van der Waals surface area contributed by atoms with Gasteiger partial charge in [0.15, 0.2) is 0 Å². The van der Waals surface area contributed by atoms with E-state index in [-0.39, 0.29) is 0 Å². The van der Waals surface area contributed by atoms with E-state index in [0.29, 0.717) is 11.1 Å². The largest absolute Gasteiger partial charge is 0.313 e. The van der Waals surface area contributed by atoms with Crippen molar-refractivity contribution in [2.75, 3.05) is 13.1 Å². The van der Waals surface area contributed by atoms with Gasteiger partial charge >= 0.3 is 0 Å². The second-order valence-electron chi connectivity index (χ2n) is 4.16. The Kier molecular flexibility index (Phi) is 4.47. The van der Waals surface area contributed by atoms with Gasteiger partial charge in [0.2, 0.25) is 0 Å². The molecule has 2 rings (SSSR count). The zero-order chi connectivity index (χ0) is 11.4. The lowest BCUT2D eigenvalue weighted by molar-refractivity contribution is 0.536. The highest BCUT2D eigenvalue weighted by molar-refractivity contribution is 6.35. The summed E-state index contributed by atoms with van der Waals surface area (Å²) in [6.45, 7) is 2.95. The van der Waals surface area contributed by atoms with Gasteiger partial charge in [-0.05, 0) is 37.1 Å². The Balaban J connectivity index is 1.80. The number of halogens is 2. The molecular formula is C12H16Cl2N2. The van der Waals surface area contributed by atoms with E-state index < -0.39 is 0 Å². The first-order valence-electron chi connectivity index (χ1n) is 5.64. The van der Waals surface area contributed by atoms with Crippen LogP contribution in [-0.4, -0.2) is 19.1 Å². The molecule has 1 aromatic carbocycles. The summed E-state index contributed by atoms with van der Waals surface area (Å²) in [5, 5.41) is 8.29. The highest BCUT2D eigenvalue weighted by Gasteiger charge is 2.12. The van der Waals surface area contributed by atoms with Crippen molar-refractivity contribution in [3.63, 3.8) is 0 Å². The predicted octanol–water partition coefficient (Wildman–Crippen LogP) is 2.84. The molecule has 4 heteroatoms. The molecule has 2 nitrogen and oxygen atoms in total. The summed E-state index contributed by atoms with van der Waals surface area (Å²) in [6.07, 6.45) is 2.55. The molecule has 0 amide bonds. The topological polar surface area (TPSA) is 24.1 Å². The van der Waals surface area contributed by atoms with Crippen LogP contribution in [0.1, 0.15) is 18.4 Å². The number of benzene rings is 1. The summed E-state index contributed by atoms with van der Waals surface area (Å²) in [6, 6.07) is 6.25. The van der Waals surface area contributed by atoms with Crippen molar-refractivity contribution >= 4 is 23.2 Å². The Morgan fingerprint density at radius 1 is 1.38 bits per heavy atom. The second-order valence-corrected chi connectivity index (χ2v) is 5.00. The average molecular weight is 259 g/mol. The standard InChI is InChI=1S/C12H16Cl2N2/c13-10-4-3-9(12(14)6-10)7-15-8-11-2-1-5-16-11/h3-4,6,11,15-16H,1-2,5,7-8H2. The van der Waals surface area contributed by atoms with Crippen LogP contribution in [0.25, 0.3) is 0 Å². The zero-order valence-electron chi connectivity index (χ0n) is 9.10. The molecular weight excluding hydrogens is 243 g/mol. The maximum absolute atomic E-state index is 6.08. The van der Waals surface area contributed by atoms with Crippen LogP contribution in [0.4, 0.5) is 0 Å². The fourth-order valence-electron chi connectivity index (χ4n) is 1.98. The van der Waals surface area contributed by atoms with Crippen molar-refractivity contribution in [3.05, 3.63) is 33.8 Å². The van der Waals surface area contributed by atoms with E-state index in [9.17, 15) is 0 Å². The zero-order valence-corrected chi connectivity index (χ0v) is 10.6. The molecule has 1 unspecified atom stereocenters. The molecule has 1 aliphatic rings. The lowest BCUT2D eigenvalue weighted by atomic mass is 10.2. The first-order valence-corrected chi connectivity index (χ1v) is 6.39. The summed E-state index contributed by atoms with van der Waals surface area (Å²) < 4.78 is 0. The second kappa shape index (κ2) is 5.87. The van der Waals surface area contributed by atoms with E-state index in [1.54, 1.807) is 6.07 Å². The maximum atomic E-state index is 6.08. The van der Waals surface area contributed by atoms with Crippen LogP contribution in [0.15, 0.2) is 18.2 Å². The summed E-state index contributed by atoms with van der Waals surface area (Å²) in [7, 11) is 0. The average Bonchev–Trinajstić information content (AvgIpc) is 2.74. The number of hydrogen-bond acceptors (Lipinski definition) is 2. The highest BCUT2D eigenvalue weighted by Crippen LogP contribution is 2.20. The van der Waals surface area contributed by atoms with Crippen LogP contribution in [-0.2, 0) is 6.54 Å². The highest BCUT2D eigenvalue weighted by atomic mass is 35.5. The van der Waals surface area contributed by atoms with Crippen molar-refractivity contribution < 1.29 is 0 Å². The molecule has 0 radical (unpaired) electrons. The van der Waals surface area contributed by atoms with Crippen molar-refractivity contribution in [2.45, 2.75) is 25.4 Å². The number of rotatable bonds is 4. The van der Waals surface area contributed by atoms with E-state index in [4.69, 9.17) is 23.2 Å². The molecule has 0 bridgehead atoms. The molecule has 88 valence electrons. The van der Waals surface area contributed by atoms with Gasteiger partial charge in [0.1, 0.15) is 0 Å². The minimum atomic E-state index is 0.617. The van der Waals surface area contributed by atoms with Crippen LogP contribution in [0.3, 0.4) is 0 Å². The molecule has 2 N–H and O–H groups in total. The Labute approximate surface area is 106 Å². The predicted molar refractivity (Wildman–Crippen MR) is 69.2 cm³/mol. The molecule has 1 aromatic rings. The normalized spacial score (nSPS) is 20.2. The van der Waals surface area contributed by atoms with Gasteiger partial charge in [0.25, 0.3) is 0 Å². The monoisotopic (exact) mass is 258 g/mol. The fraction of sp³-hybridized carbons (Fsp3) is 0.500. The molecule has 1 saturated heterocycles. The fourth-order valence-corrected chi connectivity index (χ4v) is 2.45. The van der Waals surface area contributed by atoms with Crippen LogP contribution < -0.4 is 10.6 Å². The third kappa shape index (κ3) is 3.36. The Morgan fingerprint density at radius 3 is 2.94 bits per heavy atom. The van der Waals surface area contributed by atoms with Gasteiger partial charge in [-0.3, -0.25) is 0 Å². The Hall–Kier alpha value is -0.280. The van der Waals surface area contributed by atoms with Gasteiger partial charge in [-0.1, -0.05) is 29.3 Å². The maximum Gasteiger partial charge on any atom is 0.0465 e. The smallest absolute Gasteiger partial charge is 0.0465 e. The van der Waals surface area contributed by atoms with Crippen LogP contribution in [0.5, 0.6) is 0 Å². The van der Waals surface area contributed by atoms with Crippen molar-refractivity contribution in [1.82, 2.24) is 10.6 Å². The van der Waals surface area contributed by atoms with Gasteiger partial charge in [0.05, 0.1) is 0 Å². The lowest BCUT2D eigenvalue weighted by Gasteiger charge is -2.12. The van der Waals surface area contributed by atoms with Gasteiger partial charge in [-0.25, -0.2) is 0 Å². The van der Waals surface area contributed by atoms with Gasteiger partial charge in [-0.15, -0.1) is 0 Å². The Morgan fingerprint density at radius 2 is 2.25 bits per heavy atom. The summed E-state index contributed by atoms with van der Waals surface area (Å²) >= 11 is 11.9. The van der Waals surface area contributed by atoms with E-state index in [2.05, 4.69) is 10.6 Å². The first-order chi connectivity index (χ1) is 7.75. The van der Waals surface area contributed by atoms with Gasteiger partial charge in [0, 0.05) is 29.2 Å². The van der Waals surface area contributed by atoms with Gasteiger partial charge < -0.3 is 10.6 Å². The van der Waals surface area contributed by atoms with Crippen LogP contribution in [0.2, 0.25) is 10.0 Å². The summed E-state index contributed by atoms with van der Waals surface area (Å²) in [5.74, 6) is 0. The molecule has 0 saturated carbocycles. The Bertz CT molecular complexity index is 349. The van der Waals surface area contributed by atoms with E-state index in [1.165, 1.54) is 12.8 Å². The van der Waals surface area contributed by atoms with Crippen molar-refractivity contribution in [2.24, 2.45) is 0 Å². The first kappa shape index (κ1) is 12.2. The minimum absolute atomic E-state index is 0.617. The number of hydrogen-bond donors (Lipinski definition) is 2. The molecule has 1 aliphatic heterocycles. The molecule has 1 atom stereocenters. The van der Waals surface area contributed by atoms with E-state index in [1.807, 2.05) is 12.1 Å². The van der Waals surface area contributed by atoms with E-state index >= 15 is 0 Å². The molecule has 16 heavy (non-hydrogen) atoms. The molecule has 0 aromatic heterocycles. The quantitative estimate of drug-likeness (QED) is 0.868. The molecule has 0 aliphatic carbocycles. The summed E-state index contributed by atoms with van der Waals surface area (Å²) in [4.78, 5) is 0. The molecule has 1 heterocycles. The third-order valence-electron chi connectivity index (χ3n) is 2.88.